The second-order valence-corrected chi connectivity index (χ2v) is 5.24. The maximum absolute atomic E-state index is 6.08. The van der Waals surface area contributed by atoms with Gasteiger partial charge in [0, 0.05) is 6.42 Å². The molecule has 0 aliphatic heterocycles. The van der Waals surface area contributed by atoms with E-state index >= 15 is 0 Å². The van der Waals surface area contributed by atoms with Gasteiger partial charge in [0.2, 0.25) is 0 Å². The Morgan fingerprint density at radius 2 is 2.06 bits per heavy atom. The molecule has 1 aromatic heterocycles. The smallest absolute Gasteiger partial charge is 0.127 e. The Hall–Kier alpha value is -1.43. The number of aromatic nitrogens is 2. The van der Waals surface area contributed by atoms with Crippen LogP contribution in [-0.2, 0) is 19.4 Å². The van der Waals surface area contributed by atoms with Crippen molar-refractivity contribution in [2.24, 2.45) is 5.41 Å². The first-order valence-electron chi connectivity index (χ1n) is 5.66. The lowest BCUT2D eigenvalue weighted by Gasteiger charge is -2.16. The highest BCUT2D eigenvalue weighted by Gasteiger charge is 2.19. The number of nitrogens with zero attached hydrogens (tertiary/aromatic N) is 2. The van der Waals surface area contributed by atoms with E-state index in [2.05, 4.69) is 38.6 Å². The summed E-state index contributed by atoms with van der Waals surface area (Å²) in [6.45, 7) is 9.11. The highest BCUT2D eigenvalue weighted by atomic mass is 15.1. The van der Waals surface area contributed by atoms with Crippen molar-refractivity contribution in [2.75, 3.05) is 5.73 Å². The van der Waals surface area contributed by atoms with E-state index in [0.29, 0.717) is 6.54 Å². The number of rotatable bonds is 3. The largest absolute Gasteiger partial charge is 0.384 e. The van der Waals surface area contributed by atoms with Crippen LogP contribution in [0.5, 0.6) is 0 Å². The zero-order valence-electron chi connectivity index (χ0n) is 10.7. The third-order valence-corrected chi connectivity index (χ3v) is 2.43. The van der Waals surface area contributed by atoms with Crippen molar-refractivity contribution in [2.45, 2.75) is 47.1 Å². The van der Waals surface area contributed by atoms with Crippen molar-refractivity contribution >= 4 is 5.82 Å². The lowest BCUT2D eigenvalue weighted by molar-refractivity contribution is 0.407. The molecule has 2 N–H and O–H groups in total. The Bertz CT molecular complexity index is 402. The standard InChI is InChI=1S/C13H21N3/c1-6-8-16-11(7-2)15-10(12(16)14)9-13(3,4)5/h1H,7-9,14H2,2-5H3. The van der Waals surface area contributed by atoms with Crippen LogP contribution in [0.1, 0.15) is 39.2 Å². The number of anilines is 1. The van der Waals surface area contributed by atoms with Gasteiger partial charge in [0.05, 0.1) is 12.2 Å². The van der Waals surface area contributed by atoms with Crippen molar-refractivity contribution in [3.05, 3.63) is 11.5 Å². The predicted octanol–water partition coefficient (Wildman–Crippen LogP) is 2.25. The summed E-state index contributed by atoms with van der Waals surface area (Å²) in [5, 5.41) is 0. The normalized spacial score (nSPS) is 11.4. The first kappa shape index (κ1) is 12.6. The average molecular weight is 219 g/mol. The summed E-state index contributed by atoms with van der Waals surface area (Å²) in [4.78, 5) is 4.57. The number of imidazole rings is 1. The molecule has 0 unspecified atom stereocenters. The molecular weight excluding hydrogens is 198 g/mol. The fourth-order valence-corrected chi connectivity index (χ4v) is 1.74. The molecule has 0 bridgehead atoms. The highest BCUT2D eigenvalue weighted by molar-refractivity contribution is 5.39. The molecule has 16 heavy (non-hydrogen) atoms. The molecule has 1 rings (SSSR count). The molecule has 0 radical (unpaired) electrons. The highest BCUT2D eigenvalue weighted by Crippen LogP contribution is 2.24. The molecule has 0 amide bonds. The first-order chi connectivity index (χ1) is 7.39. The van der Waals surface area contributed by atoms with E-state index in [0.717, 1.165) is 30.2 Å². The minimum atomic E-state index is 0.189. The molecule has 1 aromatic rings. The topological polar surface area (TPSA) is 43.8 Å². The lowest BCUT2D eigenvalue weighted by atomic mass is 9.90. The second kappa shape index (κ2) is 4.61. The van der Waals surface area contributed by atoms with Crippen molar-refractivity contribution in [1.29, 1.82) is 0 Å². The van der Waals surface area contributed by atoms with Gasteiger partial charge in [0.1, 0.15) is 11.6 Å². The Morgan fingerprint density at radius 3 is 2.50 bits per heavy atom. The number of terminal acetylenes is 1. The van der Waals surface area contributed by atoms with Crippen LogP contribution in [0.4, 0.5) is 5.82 Å². The molecule has 0 aliphatic rings. The SMILES string of the molecule is C#CCn1c(CC)nc(CC(C)(C)C)c1N. The quantitative estimate of drug-likeness (QED) is 0.792. The number of hydrogen-bond acceptors (Lipinski definition) is 2. The van der Waals surface area contributed by atoms with E-state index < -0.39 is 0 Å². The van der Waals surface area contributed by atoms with Crippen LogP contribution < -0.4 is 5.73 Å². The van der Waals surface area contributed by atoms with Gasteiger partial charge in [-0.1, -0.05) is 33.6 Å². The van der Waals surface area contributed by atoms with Gasteiger partial charge >= 0.3 is 0 Å². The molecule has 0 saturated heterocycles. The molecule has 3 nitrogen and oxygen atoms in total. The van der Waals surface area contributed by atoms with Crippen molar-refractivity contribution < 1.29 is 0 Å². The molecule has 0 aromatic carbocycles. The molecule has 1 heterocycles. The zero-order chi connectivity index (χ0) is 12.3. The summed E-state index contributed by atoms with van der Waals surface area (Å²) < 4.78 is 1.93. The minimum Gasteiger partial charge on any atom is -0.384 e. The Kier molecular flexibility index (Phi) is 3.64. The third kappa shape index (κ3) is 2.79. The fourth-order valence-electron chi connectivity index (χ4n) is 1.74. The molecule has 0 spiro atoms. The number of nitrogen functional groups attached to an aromatic ring is 1. The monoisotopic (exact) mass is 219 g/mol. The van der Waals surface area contributed by atoms with E-state index in [-0.39, 0.29) is 5.41 Å². The van der Waals surface area contributed by atoms with Gasteiger partial charge in [-0.2, -0.15) is 0 Å². The average Bonchev–Trinajstić information content (AvgIpc) is 2.44. The maximum Gasteiger partial charge on any atom is 0.127 e. The zero-order valence-corrected chi connectivity index (χ0v) is 10.7. The second-order valence-electron chi connectivity index (χ2n) is 5.24. The van der Waals surface area contributed by atoms with Crippen LogP contribution in [0.15, 0.2) is 0 Å². The van der Waals surface area contributed by atoms with Gasteiger partial charge in [-0.15, -0.1) is 6.42 Å². The van der Waals surface area contributed by atoms with E-state index in [1.54, 1.807) is 0 Å². The third-order valence-electron chi connectivity index (χ3n) is 2.43. The van der Waals surface area contributed by atoms with Gasteiger partial charge in [0.15, 0.2) is 0 Å². The fraction of sp³-hybridized carbons (Fsp3) is 0.615. The molecule has 0 aliphatic carbocycles. The van der Waals surface area contributed by atoms with Gasteiger partial charge < -0.3 is 10.3 Å². The van der Waals surface area contributed by atoms with Crippen molar-refractivity contribution in [3.63, 3.8) is 0 Å². The van der Waals surface area contributed by atoms with Gasteiger partial charge in [-0.05, 0) is 11.8 Å². The van der Waals surface area contributed by atoms with E-state index in [9.17, 15) is 0 Å². The summed E-state index contributed by atoms with van der Waals surface area (Å²) in [5.41, 5.74) is 7.24. The predicted molar refractivity (Wildman–Crippen MR) is 68.0 cm³/mol. The Labute approximate surface area is 98.1 Å². The van der Waals surface area contributed by atoms with Gasteiger partial charge in [0.25, 0.3) is 0 Å². The summed E-state index contributed by atoms with van der Waals surface area (Å²) in [6, 6.07) is 0. The first-order valence-corrected chi connectivity index (χ1v) is 5.66. The van der Waals surface area contributed by atoms with Crippen LogP contribution in [0.25, 0.3) is 0 Å². The Balaban J connectivity index is 3.09. The van der Waals surface area contributed by atoms with E-state index in [1.807, 2.05) is 4.57 Å². The van der Waals surface area contributed by atoms with Crippen LogP contribution in [-0.4, -0.2) is 9.55 Å². The van der Waals surface area contributed by atoms with Crippen LogP contribution in [0.2, 0.25) is 0 Å². The van der Waals surface area contributed by atoms with Crippen LogP contribution >= 0.6 is 0 Å². The maximum atomic E-state index is 6.08. The van der Waals surface area contributed by atoms with Crippen LogP contribution in [0.3, 0.4) is 0 Å². The summed E-state index contributed by atoms with van der Waals surface area (Å²) in [6.07, 6.45) is 7.07. The number of nitrogens with two attached hydrogens (primary N) is 1. The summed E-state index contributed by atoms with van der Waals surface area (Å²) in [5.74, 6) is 4.33. The van der Waals surface area contributed by atoms with Gasteiger partial charge in [-0.3, -0.25) is 0 Å². The lowest BCUT2D eigenvalue weighted by Crippen LogP contribution is -2.12. The summed E-state index contributed by atoms with van der Waals surface area (Å²) in [7, 11) is 0. The molecule has 88 valence electrons. The Morgan fingerprint density at radius 1 is 1.44 bits per heavy atom. The molecular formula is C13H21N3. The van der Waals surface area contributed by atoms with Crippen molar-refractivity contribution in [1.82, 2.24) is 9.55 Å². The number of hydrogen-bond donors (Lipinski definition) is 1. The van der Waals surface area contributed by atoms with E-state index in [4.69, 9.17) is 12.2 Å². The van der Waals surface area contributed by atoms with Gasteiger partial charge in [-0.25, -0.2) is 4.98 Å². The molecule has 0 saturated carbocycles. The molecule has 3 heteroatoms. The molecule has 0 fully saturated rings. The van der Waals surface area contributed by atoms with Crippen molar-refractivity contribution in [3.8, 4) is 12.3 Å². The van der Waals surface area contributed by atoms with E-state index in [1.165, 1.54) is 0 Å². The van der Waals surface area contributed by atoms with Crippen LogP contribution in [0, 0.1) is 17.8 Å². The summed E-state index contributed by atoms with van der Waals surface area (Å²) >= 11 is 0. The molecule has 0 atom stereocenters. The number of aryl methyl sites for hydroxylation is 1. The minimum absolute atomic E-state index is 0.189.